The highest BCUT2D eigenvalue weighted by Crippen LogP contribution is 2.20. The van der Waals surface area contributed by atoms with Gasteiger partial charge in [-0.2, -0.15) is 0 Å². The van der Waals surface area contributed by atoms with E-state index in [2.05, 4.69) is 38.1 Å². The van der Waals surface area contributed by atoms with Crippen molar-refractivity contribution in [2.24, 2.45) is 0 Å². The van der Waals surface area contributed by atoms with Crippen molar-refractivity contribution in [3.8, 4) is 0 Å². The Balaban J connectivity index is 1.94. The zero-order valence-corrected chi connectivity index (χ0v) is 16.1. The van der Waals surface area contributed by atoms with Crippen LogP contribution in [0, 0.1) is 6.92 Å². The summed E-state index contributed by atoms with van der Waals surface area (Å²) in [5, 5.41) is 3.33. The van der Waals surface area contributed by atoms with Crippen LogP contribution in [0.3, 0.4) is 0 Å². The molecule has 0 bridgehead atoms. The highest BCUT2D eigenvalue weighted by atomic mass is 79.9. The van der Waals surface area contributed by atoms with Crippen molar-refractivity contribution >= 4 is 39.3 Å². The Bertz CT molecular complexity index is 777. The van der Waals surface area contributed by atoms with Gasteiger partial charge in [0, 0.05) is 21.9 Å². The molecule has 0 spiro atoms. The van der Waals surface area contributed by atoms with Gasteiger partial charge in [0.25, 0.3) is 5.56 Å². The van der Waals surface area contributed by atoms with Gasteiger partial charge >= 0.3 is 0 Å². The molecule has 2 N–H and O–H groups in total. The fraction of sp³-hybridized carbons (Fsp3) is 0.353. The second kappa shape index (κ2) is 9.03. The first-order valence-electron chi connectivity index (χ1n) is 7.77. The normalized spacial score (nSPS) is 10.6. The largest absolute Gasteiger partial charge is 0.325 e. The van der Waals surface area contributed by atoms with Gasteiger partial charge in [-0.3, -0.25) is 9.59 Å². The third kappa shape index (κ3) is 5.79. The number of aromatic nitrogens is 2. The molecule has 1 aromatic heterocycles. The lowest BCUT2D eigenvalue weighted by atomic mass is 10.2. The number of benzene rings is 1. The smallest absolute Gasteiger partial charge is 0.251 e. The number of hydrogen-bond acceptors (Lipinski definition) is 4. The minimum atomic E-state index is -0.178. The highest BCUT2D eigenvalue weighted by Gasteiger charge is 2.08. The van der Waals surface area contributed by atoms with Crippen LogP contribution in [-0.2, 0) is 11.2 Å². The van der Waals surface area contributed by atoms with Crippen LogP contribution in [0.2, 0.25) is 0 Å². The first-order chi connectivity index (χ1) is 11.5. The number of nitrogens with one attached hydrogen (secondary N) is 2. The summed E-state index contributed by atoms with van der Waals surface area (Å²) in [6.07, 6.45) is 2.81. The number of aromatic amines is 1. The fourth-order valence-corrected chi connectivity index (χ4v) is 3.03. The van der Waals surface area contributed by atoms with Crippen LogP contribution in [0.5, 0.6) is 0 Å². The molecule has 24 heavy (non-hydrogen) atoms. The van der Waals surface area contributed by atoms with E-state index in [1.54, 1.807) is 0 Å². The van der Waals surface area contributed by atoms with Crippen molar-refractivity contribution in [2.75, 3.05) is 11.1 Å². The Morgan fingerprint density at radius 1 is 1.38 bits per heavy atom. The Kier molecular flexibility index (Phi) is 7.05. The molecule has 0 aliphatic rings. The maximum atomic E-state index is 12.1. The van der Waals surface area contributed by atoms with Gasteiger partial charge in [-0.1, -0.05) is 41.0 Å². The van der Waals surface area contributed by atoms with Crippen molar-refractivity contribution in [1.29, 1.82) is 0 Å². The van der Waals surface area contributed by atoms with E-state index in [-0.39, 0.29) is 17.2 Å². The maximum Gasteiger partial charge on any atom is 0.251 e. The number of nitrogens with zero attached hydrogens (tertiary/aromatic N) is 1. The van der Waals surface area contributed by atoms with E-state index >= 15 is 0 Å². The minimum Gasteiger partial charge on any atom is -0.325 e. The molecule has 1 aromatic carbocycles. The summed E-state index contributed by atoms with van der Waals surface area (Å²) in [5.74, 6) is 0.0540. The maximum absolute atomic E-state index is 12.1. The average Bonchev–Trinajstić information content (AvgIpc) is 2.54. The lowest BCUT2D eigenvalue weighted by molar-refractivity contribution is -0.113. The van der Waals surface area contributed by atoms with Crippen LogP contribution in [0.15, 0.2) is 38.7 Å². The van der Waals surface area contributed by atoms with Crippen molar-refractivity contribution in [3.63, 3.8) is 0 Å². The average molecular weight is 410 g/mol. The molecule has 0 radical (unpaired) electrons. The van der Waals surface area contributed by atoms with Crippen LogP contribution < -0.4 is 10.9 Å². The Labute approximate surface area is 153 Å². The first kappa shape index (κ1) is 18.7. The molecule has 5 nitrogen and oxygen atoms in total. The lowest BCUT2D eigenvalue weighted by Crippen LogP contribution is -2.16. The summed E-state index contributed by atoms with van der Waals surface area (Å²) in [4.78, 5) is 30.8. The first-order valence-corrected chi connectivity index (χ1v) is 9.55. The van der Waals surface area contributed by atoms with Crippen LogP contribution in [-0.4, -0.2) is 21.6 Å². The monoisotopic (exact) mass is 409 g/mol. The van der Waals surface area contributed by atoms with Gasteiger partial charge in [-0.25, -0.2) is 4.98 Å². The second-order valence-electron chi connectivity index (χ2n) is 5.45. The van der Waals surface area contributed by atoms with Crippen molar-refractivity contribution in [2.45, 2.75) is 38.3 Å². The number of halogens is 1. The Morgan fingerprint density at radius 2 is 2.17 bits per heavy atom. The molecule has 128 valence electrons. The summed E-state index contributed by atoms with van der Waals surface area (Å²) < 4.78 is 1.00. The van der Waals surface area contributed by atoms with E-state index in [9.17, 15) is 9.59 Å². The quantitative estimate of drug-likeness (QED) is 0.536. The molecule has 0 fully saturated rings. The molecular weight excluding hydrogens is 390 g/mol. The van der Waals surface area contributed by atoms with Gasteiger partial charge < -0.3 is 10.3 Å². The number of carbonyl (C=O) groups is 1. The van der Waals surface area contributed by atoms with E-state index in [0.29, 0.717) is 5.16 Å². The third-order valence-corrected chi connectivity index (χ3v) is 5.10. The number of hydrogen-bond donors (Lipinski definition) is 2. The number of aryl methyl sites for hydroxylation is 2. The summed E-state index contributed by atoms with van der Waals surface area (Å²) in [6.45, 7) is 4.06. The predicted molar refractivity (Wildman–Crippen MR) is 102 cm³/mol. The topological polar surface area (TPSA) is 74.8 Å². The number of H-pyrrole nitrogens is 1. The van der Waals surface area contributed by atoms with Crippen LogP contribution >= 0.6 is 27.7 Å². The van der Waals surface area contributed by atoms with Crippen LogP contribution in [0.25, 0.3) is 0 Å². The number of thioether (sulfide) groups is 1. The zero-order chi connectivity index (χ0) is 17.5. The molecule has 1 amide bonds. The summed E-state index contributed by atoms with van der Waals surface area (Å²) >= 11 is 4.66. The number of carbonyl (C=O) groups excluding carboxylic acids is 1. The minimum absolute atomic E-state index is 0.136. The molecule has 0 aliphatic heterocycles. The van der Waals surface area contributed by atoms with Gasteiger partial charge in [0.1, 0.15) is 0 Å². The number of amides is 1. The van der Waals surface area contributed by atoms with Crippen molar-refractivity contribution in [1.82, 2.24) is 9.97 Å². The van der Waals surface area contributed by atoms with Gasteiger partial charge in [0.15, 0.2) is 5.16 Å². The SMILES string of the molecule is CCCCc1cc(=O)[nH]c(SCC(=O)Nc2ccc(Br)c(C)c2)n1. The lowest BCUT2D eigenvalue weighted by Gasteiger charge is -2.07. The molecule has 2 rings (SSSR count). The number of unbranched alkanes of at least 4 members (excludes halogenated alkanes) is 1. The van der Waals surface area contributed by atoms with Crippen LogP contribution in [0.1, 0.15) is 31.0 Å². The van der Waals surface area contributed by atoms with Crippen molar-refractivity contribution < 1.29 is 4.79 Å². The molecule has 0 unspecified atom stereocenters. The summed E-state index contributed by atoms with van der Waals surface area (Å²) in [5.41, 5.74) is 2.39. The Morgan fingerprint density at radius 3 is 2.88 bits per heavy atom. The molecule has 1 heterocycles. The predicted octanol–water partition coefficient (Wildman–Crippen LogP) is 3.91. The molecule has 0 aliphatic carbocycles. The van der Waals surface area contributed by atoms with E-state index in [1.165, 1.54) is 17.8 Å². The molecule has 2 aromatic rings. The highest BCUT2D eigenvalue weighted by molar-refractivity contribution is 9.10. The molecule has 0 saturated carbocycles. The number of anilines is 1. The summed E-state index contributed by atoms with van der Waals surface area (Å²) in [6, 6.07) is 7.15. The van der Waals surface area contributed by atoms with Gasteiger partial charge in [-0.05, 0) is 43.5 Å². The standard InChI is InChI=1S/C17H20BrN3O2S/c1-3-4-5-12-9-15(22)21-17(20-12)24-10-16(23)19-13-6-7-14(18)11(2)8-13/h6-9H,3-5,10H2,1-2H3,(H,19,23)(H,20,21,22). The second-order valence-corrected chi connectivity index (χ2v) is 7.26. The van der Waals surface area contributed by atoms with E-state index in [0.717, 1.165) is 40.7 Å². The Hall–Kier alpha value is -1.60. The van der Waals surface area contributed by atoms with E-state index in [4.69, 9.17) is 0 Å². The van der Waals surface area contributed by atoms with Gasteiger partial charge in [0.05, 0.1) is 5.75 Å². The van der Waals surface area contributed by atoms with E-state index < -0.39 is 0 Å². The van der Waals surface area contributed by atoms with E-state index in [1.807, 2.05) is 25.1 Å². The molecule has 0 atom stereocenters. The molecule has 7 heteroatoms. The zero-order valence-electron chi connectivity index (χ0n) is 13.7. The fourth-order valence-electron chi connectivity index (χ4n) is 2.09. The van der Waals surface area contributed by atoms with Crippen LogP contribution in [0.4, 0.5) is 5.69 Å². The number of rotatable bonds is 7. The summed E-state index contributed by atoms with van der Waals surface area (Å²) in [7, 11) is 0. The third-order valence-electron chi connectivity index (χ3n) is 3.34. The van der Waals surface area contributed by atoms with Gasteiger partial charge in [-0.15, -0.1) is 0 Å². The molecule has 0 saturated heterocycles. The van der Waals surface area contributed by atoms with Gasteiger partial charge in [0.2, 0.25) is 5.91 Å². The van der Waals surface area contributed by atoms with Crippen molar-refractivity contribution in [3.05, 3.63) is 50.3 Å². The molecular formula is C17H20BrN3O2S.